The number of nitrogens with one attached hydrogen (secondary N) is 1. The number of benzene rings is 1. The van der Waals surface area contributed by atoms with E-state index in [2.05, 4.69) is 41.2 Å². The normalized spacial score (nSPS) is 23.8. The van der Waals surface area contributed by atoms with Gasteiger partial charge in [0, 0.05) is 16.7 Å². The Kier molecular flexibility index (Phi) is 6.52. The van der Waals surface area contributed by atoms with Crippen LogP contribution in [0.1, 0.15) is 38.2 Å². The Morgan fingerprint density at radius 3 is 3.00 bits per heavy atom. The number of anilines is 1. The number of aliphatic hydroxyl groups excluding tert-OH is 1. The highest BCUT2D eigenvalue weighted by Gasteiger charge is 2.20. The molecule has 0 aromatic heterocycles. The van der Waals surface area contributed by atoms with E-state index in [9.17, 15) is 5.11 Å². The van der Waals surface area contributed by atoms with Crippen molar-refractivity contribution in [1.82, 2.24) is 0 Å². The lowest BCUT2D eigenvalue weighted by Gasteiger charge is -2.27. The molecule has 1 fully saturated rings. The van der Waals surface area contributed by atoms with Gasteiger partial charge in [0.2, 0.25) is 0 Å². The van der Waals surface area contributed by atoms with Gasteiger partial charge in [0.1, 0.15) is 0 Å². The Labute approximate surface area is 136 Å². The van der Waals surface area contributed by atoms with Crippen molar-refractivity contribution >= 4 is 21.6 Å². The number of ether oxygens (including phenoxy) is 1. The minimum Gasteiger partial charge on any atom is -0.389 e. The van der Waals surface area contributed by atoms with Gasteiger partial charge in [-0.3, -0.25) is 0 Å². The first kappa shape index (κ1) is 16.8. The Hall–Kier alpha value is -0.580. The van der Waals surface area contributed by atoms with Crippen molar-refractivity contribution in [3.63, 3.8) is 0 Å². The van der Waals surface area contributed by atoms with E-state index in [-0.39, 0.29) is 0 Å². The SMILES string of the molecule is Cc1cccc(NCC(O)COC2CCCC(C)C2)c1Br. The van der Waals surface area contributed by atoms with Crippen LogP contribution in [-0.4, -0.2) is 30.5 Å². The molecule has 0 amide bonds. The Bertz CT molecular complexity index is 452. The number of hydrogen-bond donors (Lipinski definition) is 2. The summed E-state index contributed by atoms with van der Waals surface area (Å²) in [5.74, 6) is 0.752. The monoisotopic (exact) mass is 355 g/mol. The van der Waals surface area contributed by atoms with Crippen LogP contribution in [0.2, 0.25) is 0 Å². The second kappa shape index (κ2) is 8.16. The zero-order valence-corrected chi connectivity index (χ0v) is 14.5. The van der Waals surface area contributed by atoms with Gasteiger partial charge in [0.05, 0.1) is 18.8 Å². The van der Waals surface area contributed by atoms with Crippen LogP contribution in [0.5, 0.6) is 0 Å². The minimum absolute atomic E-state index is 0.328. The number of aliphatic hydroxyl groups is 1. The number of halogens is 1. The fourth-order valence-corrected chi connectivity index (χ4v) is 3.25. The van der Waals surface area contributed by atoms with Crippen LogP contribution < -0.4 is 5.32 Å². The molecule has 0 bridgehead atoms. The number of rotatable bonds is 6. The molecule has 0 saturated heterocycles. The smallest absolute Gasteiger partial charge is 0.0945 e. The van der Waals surface area contributed by atoms with Crippen LogP contribution in [0.4, 0.5) is 5.69 Å². The van der Waals surface area contributed by atoms with E-state index >= 15 is 0 Å². The number of aryl methyl sites for hydroxylation is 1. The third-order valence-electron chi connectivity index (χ3n) is 4.13. The van der Waals surface area contributed by atoms with E-state index < -0.39 is 6.10 Å². The standard InChI is InChI=1S/C17H26BrNO2/c1-12-5-3-7-15(9-12)21-11-14(20)10-19-16-8-4-6-13(2)17(16)18/h4,6,8,12,14-15,19-20H,3,5,7,9-11H2,1-2H3. The van der Waals surface area contributed by atoms with Crippen LogP contribution in [-0.2, 0) is 4.74 Å². The van der Waals surface area contributed by atoms with Crippen LogP contribution >= 0.6 is 15.9 Å². The second-order valence-corrected chi connectivity index (χ2v) is 6.99. The first-order chi connectivity index (χ1) is 10.1. The lowest BCUT2D eigenvalue weighted by molar-refractivity contribution is -0.0274. The van der Waals surface area contributed by atoms with Gasteiger partial charge in [-0.05, 0) is 53.2 Å². The average molecular weight is 356 g/mol. The van der Waals surface area contributed by atoms with Crippen LogP contribution in [0.25, 0.3) is 0 Å². The van der Waals surface area contributed by atoms with E-state index in [1.165, 1.54) is 18.4 Å². The third kappa shape index (κ3) is 5.28. The van der Waals surface area contributed by atoms with Crippen molar-refractivity contribution in [1.29, 1.82) is 0 Å². The molecule has 2 N–H and O–H groups in total. The molecule has 0 heterocycles. The summed E-state index contributed by atoms with van der Waals surface area (Å²) in [6, 6.07) is 6.07. The van der Waals surface area contributed by atoms with Crippen LogP contribution in [0.3, 0.4) is 0 Å². The predicted octanol–water partition coefficient (Wildman–Crippen LogP) is 4.13. The van der Waals surface area contributed by atoms with Gasteiger partial charge in [0.25, 0.3) is 0 Å². The zero-order valence-electron chi connectivity index (χ0n) is 12.9. The minimum atomic E-state index is -0.477. The van der Waals surface area contributed by atoms with Gasteiger partial charge in [-0.1, -0.05) is 31.9 Å². The summed E-state index contributed by atoms with van der Waals surface area (Å²) < 4.78 is 6.91. The predicted molar refractivity (Wildman–Crippen MR) is 90.7 cm³/mol. The van der Waals surface area contributed by atoms with E-state index in [1.54, 1.807) is 0 Å². The summed E-state index contributed by atoms with van der Waals surface area (Å²) in [5, 5.41) is 13.3. The lowest BCUT2D eigenvalue weighted by atomic mass is 9.89. The van der Waals surface area contributed by atoms with Crippen molar-refractivity contribution < 1.29 is 9.84 Å². The topological polar surface area (TPSA) is 41.5 Å². The molecule has 1 aromatic rings. The van der Waals surface area contributed by atoms with Gasteiger partial charge in [-0.25, -0.2) is 0 Å². The molecule has 1 aliphatic carbocycles. The summed E-state index contributed by atoms with van der Waals surface area (Å²) in [4.78, 5) is 0. The molecule has 3 nitrogen and oxygen atoms in total. The van der Waals surface area contributed by atoms with Crippen LogP contribution in [0, 0.1) is 12.8 Å². The highest BCUT2D eigenvalue weighted by atomic mass is 79.9. The summed E-state index contributed by atoms with van der Waals surface area (Å²) in [6.45, 7) is 5.25. The maximum atomic E-state index is 10.1. The van der Waals surface area contributed by atoms with Gasteiger partial charge < -0.3 is 15.2 Å². The van der Waals surface area contributed by atoms with Crippen molar-refractivity contribution in [2.24, 2.45) is 5.92 Å². The molecule has 0 aliphatic heterocycles. The quantitative estimate of drug-likeness (QED) is 0.806. The van der Waals surface area contributed by atoms with Crippen LogP contribution in [0.15, 0.2) is 22.7 Å². The van der Waals surface area contributed by atoms with Gasteiger partial charge in [0.15, 0.2) is 0 Å². The van der Waals surface area contributed by atoms with E-state index in [4.69, 9.17) is 4.74 Å². The van der Waals surface area contributed by atoms with E-state index in [0.717, 1.165) is 28.9 Å². The highest BCUT2D eigenvalue weighted by Crippen LogP contribution is 2.26. The molecule has 3 atom stereocenters. The maximum absolute atomic E-state index is 10.1. The van der Waals surface area contributed by atoms with Gasteiger partial charge in [-0.2, -0.15) is 0 Å². The first-order valence-corrected chi connectivity index (χ1v) is 8.64. The molecule has 1 saturated carbocycles. The fourth-order valence-electron chi connectivity index (χ4n) is 2.85. The zero-order chi connectivity index (χ0) is 15.2. The largest absolute Gasteiger partial charge is 0.389 e. The second-order valence-electron chi connectivity index (χ2n) is 6.20. The molecule has 1 aromatic carbocycles. The summed E-state index contributed by atoms with van der Waals surface area (Å²) in [6.07, 6.45) is 4.67. The molecular formula is C17H26BrNO2. The van der Waals surface area contributed by atoms with Crippen molar-refractivity contribution in [2.45, 2.75) is 51.7 Å². The third-order valence-corrected chi connectivity index (χ3v) is 5.19. The molecule has 3 unspecified atom stereocenters. The van der Waals surface area contributed by atoms with E-state index in [1.807, 2.05) is 12.1 Å². The van der Waals surface area contributed by atoms with Crippen molar-refractivity contribution in [3.8, 4) is 0 Å². The fraction of sp³-hybridized carbons (Fsp3) is 0.647. The molecular weight excluding hydrogens is 330 g/mol. The average Bonchev–Trinajstić information content (AvgIpc) is 2.47. The first-order valence-electron chi connectivity index (χ1n) is 7.85. The lowest BCUT2D eigenvalue weighted by Crippen LogP contribution is -2.30. The maximum Gasteiger partial charge on any atom is 0.0945 e. The Morgan fingerprint density at radius 2 is 2.24 bits per heavy atom. The molecule has 2 rings (SSSR count). The molecule has 1 aliphatic rings. The molecule has 118 valence electrons. The van der Waals surface area contributed by atoms with Gasteiger partial charge in [-0.15, -0.1) is 0 Å². The number of hydrogen-bond acceptors (Lipinski definition) is 3. The van der Waals surface area contributed by atoms with Crippen molar-refractivity contribution in [2.75, 3.05) is 18.5 Å². The Morgan fingerprint density at radius 1 is 1.43 bits per heavy atom. The Balaban J connectivity index is 1.72. The van der Waals surface area contributed by atoms with Gasteiger partial charge >= 0.3 is 0 Å². The molecule has 0 radical (unpaired) electrons. The van der Waals surface area contributed by atoms with Crippen molar-refractivity contribution in [3.05, 3.63) is 28.2 Å². The van der Waals surface area contributed by atoms with E-state index in [0.29, 0.717) is 19.3 Å². The summed E-state index contributed by atoms with van der Waals surface area (Å²) in [5.41, 5.74) is 2.20. The summed E-state index contributed by atoms with van der Waals surface area (Å²) >= 11 is 3.56. The molecule has 0 spiro atoms. The summed E-state index contributed by atoms with van der Waals surface area (Å²) in [7, 11) is 0. The molecule has 4 heteroatoms. The highest BCUT2D eigenvalue weighted by molar-refractivity contribution is 9.10. The molecule has 21 heavy (non-hydrogen) atoms.